The molecule has 0 spiro atoms. The number of carbonyl (C=O) groups excluding carboxylic acids is 2. The minimum absolute atomic E-state index is 0.0508. The van der Waals surface area contributed by atoms with Crippen molar-refractivity contribution in [3.63, 3.8) is 0 Å². The Morgan fingerprint density at radius 2 is 1.81 bits per heavy atom. The number of rotatable bonds is 6. The van der Waals surface area contributed by atoms with Crippen molar-refractivity contribution in [2.45, 2.75) is 31.8 Å². The van der Waals surface area contributed by atoms with Crippen LogP contribution >= 0.6 is 0 Å². The summed E-state index contributed by atoms with van der Waals surface area (Å²) in [7, 11) is 0. The molecule has 0 atom stereocenters. The minimum atomic E-state index is -0.141. The van der Waals surface area contributed by atoms with Crippen LogP contribution in [0.2, 0.25) is 0 Å². The summed E-state index contributed by atoms with van der Waals surface area (Å²) in [5, 5.41) is 11.1. The number of amides is 2. The summed E-state index contributed by atoms with van der Waals surface area (Å²) in [6.45, 7) is 0.152. The van der Waals surface area contributed by atoms with Gasteiger partial charge in [-0.25, -0.2) is 0 Å². The maximum atomic E-state index is 12.3. The van der Waals surface area contributed by atoms with Gasteiger partial charge in [0.2, 0.25) is 11.8 Å². The fraction of sp³-hybridized carbons (Fsp3) is 0.250. The lowest BCUT2D eigenvalue weighted by atomic mass is 10.1. The molecule has 3 aromatic rings. The van der Waals surface area contributed by atoms with Gasteiger partial charge in [-0.2, -0.15) is 5.10 Å². The summed E-state index contributed by atoms with van der Waals surface area (Å²) in [6, 6.07) is 15.5. The molecule has 2 amide bonds. The molecule has 1 aliphatic rings. The van der Waals surface area contributed by atoms with E-state index in [1.165, 1.54) is 0 Å². The molecule has 2 aromatic carbocycles. The average molecular weight is 348 g/mol. The van der Waals surface area contributed by atoms with Crippen LogP contribution in [0.25, 0.3) is 10.9 Å². The predicted molar refractivity (Wildman–Crippen MR) is 99.7 cm³/mol. The Hall–Kier alpha value is -3.15. The first-order valence-corrected chi connectivity index (χ1v) is 8.76. The largest absolute Gasteiger partial charge is 0.353 e. The number of carbonyl (C=O) groups is 2. The van der Waals surface area contributed by atoms with Gasteiger partial charge in [0.15, 0.2) is 0 Å². The molecule has 6 heteroatoms. The summed E-state index contributed by atoms with van der Waals surface area (Å²) in [6.07, 6.45) is 4.29. The third-order valence-corrected chi connectivity index (χ3v) is 4.39. The van der Waals surface area contributed by atoms with Gasteiger partial charge >= 0.3 is 0 Å². The molecule has 0 unspecified atom stereocenters. The van der Waals surface area contributed by atoms with Crippen molar-refractivity contribution >= 4 is 28.4 Å². The normalized spacial score (nSPS) is 13.5. The van der Waals surface area contributed by atoms with E-state index in [-0.39, 0.29) is 18.4 Å². The molecule has 1 aliphatic carbocycles. The molecule has 26 heavy (non-hydrogen) atoms. The first-order valence-electron chi connectivity index (χ1n) is 8.76. The van der Waals surface area contributed by atoms with Crippen LogP contribution < -0.4 is 10.6 Å². The van der Waals surface area contributed by atoms with E-state index in [1.807, 2.05) is 48.5 Å². The lowest BCUT2D eigenvalue weighted by molar-refractivity contribution is -0.120. The van der Waals surface area contributed by atoms with Crippen molar-refractivity contribution in [2.24, 2.45) is 0 Å². The predicted octanol–water partition coefficient (Wildman–Crippen LogP) is 2.50. The highest BCUT2D eigenvalue weighted by Crippen LogP contribution is 2.19. The monoisotopic (exact) mass is 348 g/mol. The van der Waals surface area contributed by atoms with Crippen LogP contribution in [-0.4, -0.2) is 27.6 Å². The number of hydrogen-bond acceptors (Lipinski definition) is 3. The Morgan fingerprint density at radius 1 is 1.04 bits per heavy atom. The first kappa shape index (κ1) is 16.3. The van der Waals surface area contributed by atoms with E-state index in [9.17, 15) is 9.59 Å². The second-order valence-electron chi connectivity index (χ2n) is 6.62. The van der Waals surface area contributed by atoms with E-state index in [0.717, 1.165) is 29.3 Å². The third kappa shape index (κ3) is 3.91. The highest BCUT2D eigenvalue weighted by Gasteiger charge is 2.23. The number of aromatic nitrogens is 2. The Morgan fingerprint density at radius 3 is 2.58 bits per heavy atom. The molecule has 0 saturated heterocycles. The van der Waals surface area contributed by atoms with E-state index in [0.29, 0.717) is 18.2 Å². The third-order valence-electron chi connectivity index (χ3n) is 4.39. The lowest BCUT2D eigenvalue weighted by Crippen LogP contribution is -2.26. The molecule has 1 saturated carbocycles. The van der Waals surface area contributed by atoms with Crippen LogP contribution in [0.1, 0.15) is 18.4 Å². The number of nitrogens with zero attached hydrogens (tertiary/aromatic N) is 2. The SMILES string of the molecule is O=C(Cn1ncc2ccccc21)Nc1ccc(CC(=O)NC2CC2)cc1. The summed E-state index contributed by atoms with van der Waals surface area (Å²) in [5.74, 6) is -0.0899. The standard InChI is InChI=1S/C20H20N4O2/c25-19(22-17-9-10-17)11-14-5-7-16(8-6-14)23-20(26)13-24-18-4-2-1-3-15(18)12-21-24/h1-8,12,17H,9-11,13H2,(H,22,25)(H,23,26). The van der Waals surface area contributed by atoms with E-state index in [1.54, 1.807) is 10.9 Å². The molecular formula is C20H20N4O2. The lowest BCUT2D eigenvalue weighted by Gasteiger charge is -2.08. The van der Waals surface area contributed by atoms with Gasteiger partial charge in [-0.15, -0.1) is 0 Å². The molecule has 4 rings (SSSR count). The summed E-state index contributed by atoms with van der Waals surface area (Å²) >= 11 is 0. The second-order valence-corrected chi connectivity index (χ2v) is 6.62. The zero-order valence-electron chi connectivity index (χ0n) is 14.3. The average Bonchev–Trinajstić information content (AvgIpc) is 3.35. The van der Waals surface area contributed by atoms with Crippen LogP contribution in [0.3, 0.4) is 0 Å². The van der Waals surface area contributed by atoms with Gasteiger partial charge in [0, 0.05) is 17.1 Å². The summed E-state index contributed by atoms with van der Waals surface area (Å²) < 4.78 is 1.68. The molecule has 132 valence electrons. The van der Waals surface area contributed by atoms with Gasteiger partial charge < -0.3 is 10.6 Å². The topological polar surface area (TPSA) is 76.0 Å². The molecule has 0 aliphatic heterocycles. The van der Waals surface area contributed by atoms with Crippen molar-refractivity contribution < 1.29 is 9.59 Å². The van der Waals surface area contributed by atoms with Crippen LogP contribution in [-0.2, 0) is 22.6 Å². The van der Waals surface area contributed by atoms with E-state index < -0.39 is 0 Å². The van der Waals surface area contributed by atoms with E-state index in [2.05, 4.69) is 15.7 Å². The van der Waals surface area contributed by atoms with E-state index in [4.69, 9.17) is 0 Å². The summed E-state index contributed by atoms with van der Waals surface area (Å²) in [5.41, 5.74) is 2.57. The van der Waals surface area contributed by atoms with Gasteiger partial charge in [-0.1, -0.05) is 30.3 Å². The van der Waals surface area contributed by atoms with Crippen molar-refractivity contribution in [1.82, 2.24) is 15.1 Å². The second kappa shape index (κ2) is 7.00. The van der Waals surface area contributed by atoms with Crippen molar-refractivity contribution in [3.8, 4) is 0 Å². The highest BCUT2D eigenvalue weighted by molar-refractivity contribution is 5.91. The maximum absolute atomic E-state index is 12.3. The van der Waals surface area contributed by atoms with Crippen molar-refractivity contribution in [3.05, 3.63) is 60.3 Å². The highest BCUT2D eigenvalue weighted by atomic mass is 16.2. The van der Waals surface area contributed by atoms with Crippen molar-refractivity contribution in [1.29, 1.82) is 0 Å². The number of anilines is 1. The molecule has 1 aromatic heterocycles. The zero-order chi connectivity index (χ0) is 17.9. The van der Waals surface area contributed by atoms with Crippen LogP contribution in [0.15, 0.2) is 54.7 Å². The zero-order valence-corrected chi connectivity index (χ0v) is 14.3. The van der Waals surface area contributed by atoms with Crippen molar-refractivity contribution in [2.75, 3.05) is 5.32 Å². The smallest absolute Gasteiger partial charge is 0.246 e. The number of fused-ring (bicyclic) bond motifs is 1. The molecule has 0 bridgehead atoms. The molecular weight excluding hydrogens is 328 g/mol. The Bertz CT molecular complexity index is 942. The first-order chi connectivity index (χ1) is 12.7. The van der Waals surface area contributed by atoms with Gasteiger partial charge in [0.05, 0.1) is 18.1 Å². The minimum Gasteiger partial charge on any atom is -0.353 e. The molecule has 2 N–H and O–H groups in total. The molecule has 1 heterocycles. The molecule has 6 nitrogen and oxygen atoms in total. The van der Waals surface area contributed by atoms with Crippen LogP contribution in [0.5, 0.6) is 0 Å². The Kier molecular flexibility index (Phi) is 4.39. The summed E-state index contributed by atoms with van der Waals surface area (Å²) in [4.78, 5) is 24.1. The van der Waals surface area contributed by atoms with Gasteiger partial charge in [0.25, 0.3) is 0 Å². The maximum Gasteiger partial charge on any atom is 0.246 e. The van der Waals surface area contributed by atoms with E-state index >= 15 is 0 Å². The molecule has 0 radical (unpaired) electrons. The van der Waals surface area contributed by atoms with Crippen LogP contribution in [0.4, 0.5) is 5.69 Å². The number of hydrogen-bond donors (Lipinski definition) is 2. The number of benzene rings is 2. The number of para-hydroxylation sites is 1. The van der Waals surface area contributed by atoms with Gasteiger partial charge in [-0.05, 0) is 36.6 Å². The fourth-order valence-corrected chi connectivity index (χ4v) is 2.89. The quantitative estimate of drug-likeness (QED) is 0.719. The number of nitrogens with one attached hydrogen (secondary N) is 2. The Balaban J connectivity index is 1.34. The fourth-order valence-electron chi connectivity index (χ4n) is 2.89. The van der Waals surface area contributed by atoms with Gasteiger partial charge in [-0.3, -0.25) is 14.3 Å². The van der Waals surface area contributed by atoms with Gasteiger partial charge in [0.1, 0.15) is 6.54 Å². The van der Waals surface area contributed by atoms with Crippen LogP contribution in [0, 0.1) is 0 Å². The molecule has 1 fully saturated rings. The Labute approximate surface area is 151 Å².